The predicted octanol–water partition coefficient (Wildman–Crippen LogP) is -1.14. The summed E-state index contributed by atoms with van der Waals surface area (Å²) in [7, 11) is 0. The molecule has 2 aliphatic heterocycles. The third-order valence-corrected chi connectivity index (χ3v) is 4.65. The molecule has 0 spiro atoms. The van der Waals surface area contributed by atoms with E-state index in [1.165, 1.54) is 4.90 Å². The Hall–Kier alpha value is -2.29. The molecule has 5 N–H and O–H groups in total. The first kappa shape index (κ1) is 17.5. The van der Waals surface area contributed by atoms with E-state index in [1.807, 2.05) is 6.07 Å². The molecule has 1 saturated heterocycles. The van der Waals surface area contributed by atoms with Gasteiger partial charge in [0.15, 0.2) is 0 Å². The number of aliphatic hydroxyl groups is 1. The molecule has 0 aromatic heterocycles. The summed E-state index contributed by atoms with van der Waals surface area (Å²) in [5.74, 6) is -0.898. The van der Waals surface area contributed by atoms with E-state index >= 15 is 0 Å². The van der Waals surface area contributed by atoms with Gasteiger partial charge >= 0.3 is 0 Å². The van der Waals surface area contributed by atoms with Gasteiger partial charge in [0.25, 0.3) is 5.91 Å². The smallest absolute Gasteiger partial charge is 0.255 e. The number of carbonyl (C=O) groups is 3. The number of fused-ring (bicyclic) bond motifs is 1. The van der Waals surface area contributed by atoms with E-state index in [-0.39, 0.29) is 24.8 Å². The van der Waals surface area contributed by atoms with Crippen LogP contribution in [0.2, 0.25) is 0 Å². The van der Waals surface area contributed by atoms with Gasteiger partial charge in [0, 0.05) is 38.2 Å². The quantitative estimate of drug-likeness (QED) is 0.483. The normalized spacial score (nSPS) is 21.3. The Morgan fingerprint density at radius 2 is 2.16 bits per heavy atom. The molecule has 3 rings (SSSR count). The highest BCUT2D eigenvalue weighted by molar-refractivity contribution is 6.05. The molecule has 2 heterocycles. The Morgan fingerprint density at radius 3 is 2.88 bits per heavy atom. The molecular weight excluding hydrogens is 324 g/mol. The second-order valence-corrected chi connectivity index (χ2v) is 6.36. The molecule has 2 atom stereocenters. The van der Waals surface area contributed by atoms with Gasteiger partial charge in [-0.05, 0) is 23.6 Å². The van der Waals surface area contributed by atoms with Gasteiger partial charge in [-0.25, -0.2) is 0 Å². The Balaban J connectivity index is 1.73. The molecule has 1 aromatic rings. The average molecular weight is 346 g/mol. The van der Waals surface area contributed by atoms with Crippen molar-refractivity contribution in [2.75, 3.05) is 13.1 Å². The average Bonchev–Trinajstić information content (AvgIpc) is 2.92. The Morgan fingerprint density at radius 1 is 1.36 bits per heavy atom. The molecule has 8 nitrogen and oxygen atoms in total. The van der Waals surface area contributed by atoms with E-state index in [0.717, 1.165) is 11.1 Å². The van der Waals surface area contributed by atoms with Crippen molar-refractivity contribution in [3.8, 4) is 0 Å². The Kier molecular flexibility index (Phi) is 5.12. The number of amides is 3. The number of nitrogens with two attached hydrogens (primary N) is 1. The summed E-state index contributed by atoms with van der Waals surface area (Å²) in [6.07, 6.45) is -0.0267. The lowest BCUT2D eigenvalue weighted by Crippen LogP contribution is -2.52. The molecule has 134 valence electrons. The van der Waals surface area contributed by atoms with Crippen molar-refractivity contribution in [1.29, 1.82) is 0 Å². The Labute approximate surface area is 145 Å². The van der Waals surface area contributed by atoms with E-state index in [9.17, 15) is 19.5 Å². The third-order valence-electron chi connectivity index (χ3n) is 4.65. The summed E-state index contributed by atoms with van der Waals surface area (Å²) >= 11 is 0. The minimum Gasteiger partial charge on any atom is -0.390 e. The number of hydrogen-bond acceptors (Lipinski definition) is 6. The molecular formula is C17H22N4O4. The number of piperidine rings is 1. The first-order valence-electron chi connectivity index (χ1n) is 8.35. The van der Waals surface area contributed by atoms with Gasteiger partial charge in [-0.2, -0.15) is 0 Å². The maximum atomic E-state index is 12.7. The van der Waals surface area contributed by atoms with Gasteiger partial charge in [0.1, 0.15) is 6.04 Å². The van der Waals surface area contributed by atoms with E-state index in [2.05, 4.69) is 10.6 Å². The van der Waals surface area contributed by atoms with Crippen LogP contribution >= 0.6 is 0 Å². The molecule has 8 heteroatoms. The maximum absolute atomic E-state index is 12.7. The fraction of sp³-hybridized carbons (Fsp3) is 0.471. The summed E-state index contributed by atoms with van der Waals surface area (Å²) < 4.78 is 0. The third kappa shape index (κ3) is 3.55. The fourth-order valence-corrected chi connectivity index (χ4v) is 3.27. The van der Waals surface area contributed by atoms with E-state index < -0.39 is 18.1 Å². The topological polar surface area (TPSA) is 125 Å². The van der Waals surface area contributed by atoms with E-state index in [4.69, 9.17) is 5.73 Å². The van der Waals surface area contributed by atoms with Crippen LogP contribution in [0.1, 0.15) is 34.3 Å². The molecule has 1 unspecified atom stereocenters. The van der Waals surface area contributed by atoms with Crippen molar-refractivity contribution in [3.63, 3.8) is 0 Å². The summed E-state index contributed by atoms with van der Waals surface area (Å²) in [5.41, 5.74) is 7.80. The summed E-state index contributed by atoms with van der Waals surface area (Å²) in [4.78, 5) is 37.6. The Bertz CT molecular complexity index is 706. The lowest BCUT2D eigenvalue weighted by Gasteiger charge is -2.29. The molecule has 2 aliphatic rings. The van der Waals surface area contributed by atoms with Crippen LogP contribution < -0.4 is 16.4 Å². The largest absolute Gasteiger partial charge is 0.390 e. The number of nitrogens with zero attached hydrogens (tertiary/aromatic N) is 1. The molecule has 3 amide bonds. The number of rotatable bonds is 6. The van der Waals surface area contributed by atoms with Gasteiger partial charge < -0.3 is 21.1 Å². The van der Waals surface area contributed by atoms with E-state index in [0.29, 0.717) is 31.6 Å². The molecule has 1 fully saturated rings. The van der Waals surface area contributed by atoms with Crippen LogP contribution in [0.15, 0.2) is 18.2 Å². The van der Waals surface area contributed by atoms with Crippen molar-refractivity contribution in [3.05, 3.63) is 34.9 Å². The van der Waals surface area contributed by atoms with Crippen LogP contribution in [0, 0.1) is 0 Å². The van der Waals surface area contributed by atoms with Crippen molar-refractivity contribution >= 4 is 17.7 Å². The zero-order valence-electron chi connectivity index (χ0n) is 13.8. The fourth-order valence-electron chi connectivity index (χ4n) is 3.27. The van der Waals surface area contributed by atoms with Crippen molar-refractivity contribution in [2.45, 2.75) is 38.1 Å². The minimum atomic E-state index is -0.613. The van der Waals surface area contributed by atoms with Gasteiger partial charge in [-0.15, -0.1) is 0 Å². The van der Waals surface area contributed by atoms with Crippen LogP contribution in [0.5, 0.6) is 0 Å². The second-order valence-electron chi connectivity index (χ2n) is 6.36. The SMILES string of the molecule is NC[C@H](O)CNCc1cccc2c1CN(C1CCC(=O)NC1=O)C2=O. The standard InChI is InChI=1S/C17H22N4O4/c18-6-11(22)8-19-7-10-2-1-3-12-13(10)9-21(17(12)25)14-4-5-15(23)20-16(14)24/h1-3,11,14,19,22H,4-9,18H2,(H,20,23,24)/t11-,14?/m0/s1. The number of hydrogen-bond donors (Lipinski definition) is 4. The first-order valence-corrected chi connectivity index (χ1v) is 8.35. The minimum absolute atomic E-state index is 0.182. The maximum Gasteiger partial charge on any atom is 0.255 e. The van der Waals surface area contributed by atoms with Crippen LogP contribution in [0.4, 0.5) is 0 Å². The van der Waals surface area contributed by atoms with Gasteiger partial charge in [-0.1, -0.05) is 12.1 Å². The molecule has 25 heavy (non-hydrogen) atoms. The van der Waals surface area contributed by atoms with Crippen LogP contribution in [0.25, 0.3) is 0 Å². The number of aliphatic hydroxyl groups excluding tert-OH is 1. The van der Waals surface area contributed by atoms with Crippen LogP contribution in [-0.4, -0.2) is 53.0 Å². The lowest BCUT2D eigenvalue weighted by molar-refractivity contribution is -0.136. The van der Waals surface area contributed by atoms with E-state index in [1.54, 1.807) is 12.1 Å². The van der Waals surface area contributed by atoms with Gasteiger partial charge in [0.05, 0.1) is 6.10 Å². The second kappa shape index (κ2) is 7.30. The highest BCUT2D eigenvalue weighted by Crippen LogP contribution is 2.29. The van der Waals surface area contributed by atoms with Crippen LogP contribution in [-0.2, 0) is 22.7 Å². The summed E-state index contributed by atoms with van der Waals surface area (Å²) in [6.45, 7) is 1.39. The molecule has 0 aliphatic carbocycles. The lowest BCUT2D eigenvalue weighted by atomic mass is 10.0. The molecule has 0 bridgehead atoms. The van der Waals surface area contributed by atoms with Crippen molar-refractivity contribution < 1.29 is 19.5 Å². The zero-order valence-corrected chi connectivity index (χ0v) is 13.8. The van der Waals surface area contributed by atoms with Crippen molar-refractivity contribution in [1.82, 2.24) is 15.5 Å². The highest BCUT2D eigenvalue weighted by atomic mass is 16.3. The monoisotopic (exact) mass is 346 g/mol. The highest BCUT2D eigenvalue weighted by Gasteiger charge is 2.39. The predicted molar refractivity (Wildman–Crippen MR) is 89.3 cm³/mol. The number of nitrogens with one attached hydrogen (secondary N) is 2. The number of imide groups is 1. The molecule has 0 saturated carbocycles. The number of carbonyl (C=O) groups excluding carboxylic acids is 3. The van der Waals surface area contributed by atoms with Crippen LogP contribution in [0.3, 0.4) is 0 Å². The molecule has 1 aromatic carbocycles. The summed E-state index contributed by atoms with van der Waals surface area (Å²) in [5, 5.41) is 14.9. The van der Waals surface area contributed by atoms with Gasteiger partial charge in [-0.3, -0.25) is 19.7 Å². The molecule has 0 radical (unpaired) electrons. The van der Waals surface area contributed by atoms with Gasteiger partial charge in [0.2, 0.25) is 11.8 Å². The van der Waals surface area contributed by atoms with Crippen molar-refractivity contribution in [2.24, 2.45) is 5.73 Å². The number of benzene rings is 1. The summed E-state index contributed by atoms with van der Waals surface area (Å²) in [6, 6.07) is 4.86. The first-order chi connectivity index (χ1) is 12.0. The zero-order chi connectivity index (χ0) is 18.0.